The van der Waals surface area contributed by atoms with Gasteiger partial charge in [0, 0.05) is 12.3 Å². The standard InChI is InChI=1S/C35H39NO9/c1-23(2)33(39)44-30-14-7-26(8-15-30)21-42-35(41)29-12-5-25(6-13-29)19-28(20-37)11-18-32(38)36-43-22-27-9-16-31(17-10-27)45-34(40)24(3)4/h5-10,12-17,20,23-24,28H,11,18-19,21-22H2,1-4H3,(H,36,38). The Hall–Kier alpha value is -4.83. The minimum absolute atomic E-state index is 0.0554. The molecule has 0 spiro atoms. The molecular formula is C35H39NO9. The predicted octanol–water partition coefficient (Wildman–Crippen LogP) is 5.55. The van der Waals surface area contributed by atoms with Gasteiger partial charge in [-0.1, -0.05) is 64.1 Å². The molecule has 3 rings (SSSR count). The Labute approximate surface area is 263 Å². The van der Waals surface area contributed by atoms with Crippen LogP contribution in [0.15, 0.2) is 72.8 Å². The average Bonchev–Trinajstić information content (AvgIpc) is 3.03. The summed E-state index contributed by atoms with van der Waals surface area (Å²) in [7, 11) is 0. The van der Waals surface area contributed by atoms with E-state index in [1.165, 1.54) is 0 Å². The molecule has 10 nitrogen and oxygen atoms in total. The van der Waals surface area contributed by atoms with Crippen molar-refractivity contribution in [2.45, 2.75) is 60.2 Å². The lowest BCUT2D eigenvalue weighted by atomic mass is 9.95. The molecule has 3 aromatic rings. The Balaban J connectivity index is 1.37. The van der Waals surface area contributed by atoms with Crippen LogP contribution in [0.3, 0.4) is 0 Å². The predicted molar refractivity (Wildman–Crippen MR) is 165 cm³/mol. The van der Waals surface area contributed by atoms with E-state index < -0.39 is 11.9 Å². The van der Waals surface area contributed by atoms with Crippen LogP contribution >= 0.6 is 0 Å². The van der Waals surface area contributed by atoms with Crippen LogP contribution in [0.25, 0.3) is 0 Å². The van der Waals surface area contributed by atoms with E-state index in [-0.39, 0.29) is 49.3 Å². The van der Waals surface area contributed by atoms with Gasteiger partial charge in [-0.2, -0.15) is 0 Å². The zero-order valence-corrected chi connectivity index (χ0v) is 25.9. The number of carbonyl (C=O) groups excluding carboxylic acids is 5. The summed E-state index contributed by atoms with van der Waals surface area (Å²) in [6, 6.07) is 20.3. The maximum Gasteiger partial charge on any atom is 0.338 e. The summed E-state index contributed by atoms with van der Waals surface area (Å²) in [5.41, 5.74) is 5.11. The molecule has 3 aromatic carbocycles. The van der Waals surface area contributed by atoms with Gasteiger partial charge in [-0.05, 0) is 65.9 Å². The Bertz CT molecular complexity index is 1430. The molecule has 0 heterocycles. The summed E-state index contributed by atoms with van der Waals surface area (Å²) >= 11 is 0. The Morgan fingerprint density at radius 1 is 0.689 bits per heavy atom. The molecule has 238 valence electrons. The third-order valence-electron chi connectivity index (χ3n) is 6.64. The molecule has 0 saturated heterocycles. The SMILES string of the molecule is CC(C)C(=O)Oc1ccc(CONC(=O)CCC(C=O)Cc2ccc(C(=O)OCc3ccc(OC(=O)C(C)C)cc3)cc2)cc1. The van der Waals surface area contributed by atoms with E-state index >= 15 is 0 Å². The first-order valence-electron chi connectivity index (χ1n) is 14.8. The van der Waals surface area contributed by atoms with Crippen molar-refractivity contribution in [3.8, 4) is 11.5 Å². The number of nitrogens with one attached hydrogen (secondary N) is 1. The highest BCUT2D eigenvalue weighted by Crippen LogP contribution is 2.18. The van der Waals surface area contributed by atoms with Gasteiger partial charge in [-0.3, -0.25) is 19.2 Å². The third-order valence-corrected chi connectivity index (χ3v) is 6.64. The Morgan fingerprint density at radius 2 is 1.18 bits per heavy atom. The quantitative estimate of drug-likeness (QED) is 0.0950. The number of hydrogen-bond acceptors (Lipinski definition) is 9. The lowest BCUT2D eigenvalue weighted by Gasteiger charge is -2.12. The van der Waals surface area contributed by atoms with E-state index in [0.717, 1.165) is 23.0 Å². The number of benzene rings is 3. The lowest BCUT2D eigenvalue weighted by Crippen LogP contribution is -2.24. The highest BCUT2D eigenvalue weighted by atomic mass is 16.6. The summed E-state index contributed by atoms with van der Waals surface area (Å²) in [4.78, 5) is 65.1. The molecule has 0 fully saturated rings. The first kappa shape index (κ1) is 34.7. The third kappa shape index (κ3) is 12.0. The zero-order valence-electron chi connectivity index (χ0n) is 25.9. The normalized spacial score (nSPS) is 11.5. The molecule has 45 heavy (non-hydrogen) atoms. The van der Waals surface area contributed by atoms with E-state index in [4.69, 9.17) is 19.0 Å². The minimum atomic E-state index is -0.494. The molecule has 10 heteroatoms. The van der Waals surface area contributed by atoms with Gasteiger partial charge in [0.05, 0.1) is 24.0 Å². The number of amides is 1. The van der Waals surface area contributed by atoms with Crippen LogP contribution in [-0.4, -0.2) is 30.1 Å². The maximum absolute atomic E-state index is 12.5. The lowest BCUT2D eigenvalue weighted by molar-refractivity contribution is -0.138. The van der Waals surface area contributed by atoms with E-state index in [9.17, 15) is 24.0 Å². The highest BCUT2D eigenvalue weighted by Gasteiger charge is 2.14. The number of carbonyl (C=O) groups is 5. The van der Waals surface area contributed by atoms with Gasteiger partial charge in [-0.25, -0.2) is 10.3 Å². The highest BCUT2D eigenvalue weighted by molar-refractivity contribution is 5.89. The summed E-state index contributed by atoms with van der Waals surface area (Å²) in [6.45, 7) is 7.19. The van der Waals surface area contributed by atoms with Crippen LogP contribution < -0.4 is 15.0 Å². The van der Waals surface area contributed by atoms with Gasteiger partial charge in [-0.15, -0.1) is 0 Å². The van der Waals surface area contributed by atoms with E-state index in [0.29, 0.717) is 29.9 Å². The molecule has 0 aliphatic heterocycles. The minimum Gasteiger partial charge on any atom is -0.457 e. The number of ether oxygens (including phenoxy) is 3. The molecule has 0 aliphatic rings. The average molecular weight is 618 g/mol. The van der Waals surface area contributed by atoms with Gasteiger partial charge in [0.15, 0.2) is 0 Å². The van der Waals surface area contributed by atoms with Gasteiger partial charge in [0.2, 0.25) is 5.91 Å². The van der Waals surface area contributed by atoms with Crippen molar-refractivity contribution in [1.29, 1.82) is 0 Å². The van der Waals surface area contributed by atoms with Crippen molar-refractivity contribution in [1.82, 2.24) is 5.48 Å². The van der Waals surface area contributed by atoms with Gasteiger partial charge in [0.25, 0.3) is 0 Å². The molecule has 0 saturated carbocycles. The molecule has 0 bridgehead atoms. The second-order valence-corrected chi connectivity index (χ2v) is 11.2. The number of esters is 3. The van der Waals surface area contributed by atoms with Gasteiger partial charge in [0.1, 0.15) is 24.4 Å². The van der Waals surface area contributed by atoms with Crippen molar-refractivity contribution >= 4 is 30.1 Å². The van der Waals surface area contributed by atoms with Crippen LogP contribution in [0, 0.1) is 17.8 Å². The smallest absolute Gasteiger partial charge is 0.338 e. The molecule has 0 aromatic heterocycles. The van der Waals surface area contributed by atoms with Crippen molar-refractivity contribution in [2.75, 3.05) is 0 Å². The molecular weight excluding hydrogens is 578 g/mol. The number of rotatable bonds is 16. The van der Waals surface area contributed by atoms with E-state index in [1.54, 1.807) is 100 Å². The van der Waals surface area contributed by atoms with Crippen LogP contribution in [0.5, 0.6) is 11.5 Å². The van der Waals surface area contributed by atoms with E-state index in [1.807, 2.05) is 0 Å². The molecule has 1 amide bonds. The summed E-state index contributed by atoms with van der Waals surface area (Å²) in [5, 5.41) is 0. The first-order valence-corrected chi connectivity index (χ1v) is 14.8. The maximum atomic E-state index is 12.5. The monoisotopic (exact) mass is 617 g/mol. The fourth-order valence-corrected chi connectivity index (χ4v) is 3.87. The first-order chi connectivity index (χ1) is 21.5. The number of aldehydes is 1. The van der Waals surface area contributed by atoms with Crippen molar-refractivity contribution in [3.63, 3.8) is 0 Å². The van der Waals surface area contributed by atoms with Crippen LogP contribution in [0.4, 0.5) is 0 Å². The Morgan fingerprint density at radius 3 is 1.67 bits per heavy atom. The molecule has 1 atom stereocenters. The van der Waals surface area contributed by atoms with Crippen molar-refractivity contribution in [2.24, 2.45) is 17.8 Å². The molecule has 0 aliphatic carbocycles. The van der Waals surface area contributed by atoms with E-state index in [2.05, 4.69) is 5.48 Å². The second-order valence-electron chi connectivity index (χ2n) is 11.2. The topological polar surface area (TPSA) is 134 Å². The van der Waals surface area contributed by atoms with Gasteiger partial charge >= 0.3 is 17.9 Å². The van der Waals surface area contributed by atoms with Crippen molar-refractivity contribution in [3.05, 3.63) is 95.1 Å². The summed E-state index contributed by atoms with van der Waals surface area (Å²) in [6.07, 6.45) is 1.65. The second kappa shape index (κ2) is 17.5. The zero-order chi connectivity index (χ0) is 32.8. The molecule has 0 radical (unpaired) electrons. The van der Waals surface area contributed by atoms with Crippen LogP contribution in [-0.2, 0) is 48.4 Å². The van der Waals surface area contributed by atoms with Crippen LogP contribution in [0.1, 0.15) is 67.6 Å². The number of hydroxylamine groups is 1. The fraction of sp³-hybridized carbons (Fsp3) is 0.343. The summed E-state index contributed by atoms with van der Waals surface area (Å²) in [5.74, 6) is -1.49. The van der Waals surface area contributed by atoms with Gasteiger partial charge < -0.3 is 19.0 Å². The van der Waals surface area contributed by atoms with Crippen LogP contribution in [0.2, 0.25) is 0 Å². The van der Waals surface area contributed by atoms with Crippen molar-refractivity contribution < 1.29 is 43.0 Å². The number of hydrogen-bond donors (Lipinski definition) is 1. The fourth-order valence-electron chi connectivity index (χ4n) is 3.87. The largest absolute Gasteiger partial charge is 0.457 e. The molecule has 1 N–H and O–H groups in total. The Kier molecular flexibility index (Phi) is 13.4. The summed E-state index contributed by atoms with van der Waals surface area (Å²) < 4.78 is 15.9. The molecule has 1 unspecified atom stereocenters.